The standard InChI is InChI=1S/C15H10BrClO2/c16-12-4-8-14(9-5-12)19-15(18)10-3-11-1-6-13(17)7-2-11/h1-10H. The van der Waals surface area contributed by atoms with Crippen LogP contribution >= 0.6 is 27.5 Å². The summed E-state index contributed by atoms with van der Waals surface area (Å²) in [7, 11) is 0. The Kier molecular flexibility index (Phi) is 4.77. The van der Waals surface area contributed by atoms with Crippen LogP contribution in [0.1, 0.15) is 5.56 Å². The van der Waals surface area contributed by atoms with E-state index in [1.807, 2.05) is 24.3 Å². The molecule has 0 unspecified atom stereocenters. The SMILES string of the molecule is O=C(C=Cc1ccc(Cl)cc1)Oc1ccc(Br)cc1. The van der Waals surface area contributed by atoms with Crippen molar-refractivity contribution in [1.29, 1.82) is 0 Å². The maximum absolute atomic E-state index is 11.6. The van der Waals surface area contributed by atoms with Crippen molar-refractivity contribution in [2.45, 2.75) is 0 Å². The molecule has 0 atom stereocenters. The minimum absolute atomic E-state index is 0.419. The molecule has 0 amide bonds. The van der Waals surface area contributed by atoms with Crippen LogP contribution in [-0.2, 0) is 4.79 Å². The number of ether oxygens (including phenoxy) is 1. The summed E-state index contributed by atoms with van der Waals surface area (Å²) in [6.07, 6.45) is 3.06. The summed E-state index contributed by atoms with van der Waals surface area (Å²) >= 11 is 9.09. The second-order valence-corrected chi connectivity index (χ2v) is 5.11. The maximum atomic E-state index is 11.6. The van der Waals surface area contributed by atoms with Gasteiger partial charge >= 0.3 is 5.97 Å². The van der Waals surface area contributed by atoms with Crippen molar-refractivity contribution in [3.8, 4) is 5.75 Å². The quantitative estimate of drug-likeness (QED) is 0.460. The zero-order valence-electron chi connectivity index (χ0n) is 9.85. The van der Waals surface area contributed by atoms with Crippen LogP contribution in [-0.4, -0.2) is 5.97 Å². The molecule has 2 rings (SSSR count). The van der Waals surface area contributed by atoms with Gasteiger partial charge in [-0.15, -0.1) is 0 Å². The largest absolute Gasteiger partial charge is 0.423 e. The predicted octanol–water partition coefficient (Wildman–Crippen LogP) is 4.72. The minimum atomic E-state index is -0.419. The van der Waals surface area contributed by atoms with Crippen LogP contribution in [0.5, 0.6) is 5.75 Å². The monoisotopic (exact) mass is 336 g/mol. The Balaban J connectivity index is 1.97. The molecule has 0 aliphatic rings. The van der Waals surface area contributed by atoms with E-state index in [-0.39, 0.29) is 0 Å². The lowest BCUT2D eigenvalue weighted by atomic mass is 10.2. The molecule has 0 N–H and O–H groups in total. The van der Waals surface area contributed by atoms with Gasteiger partial charge in [-0.25, -0.2) is 4.79 Å². The molecule has 0 fully saturated rings. The van der Waals surface area contributed by atoms with Gasteiger partial charge in [0.15, 0.2) is 0 Å². The van der Waals surface area contributed by atoms with E-state index in [2.05, 4.69) is 15.9 Å². The van der Waals surface area contributed by atoms with Gasteiger partial charge in [-0.05, 0) is 48.0 Å². The van der Waals surface area contributed by atoms with Gasteiger partial charge in [-0.2, -0.15) is 0 Å². The van der Waals surface area contributed by atoms with E-state index < -0.39 is 5.97 Å². The number of esters is 1. The van der Waals surface area contributed by atoms with Gasteiger partial charge in [0.2, 0.25) is 0 Å². The maximum Gasteiger partial charge on any atom is 0.336 e. The molecular formula is C15H10BrClO2. The van der Waals surface area contributed by atoms with Crippen LogP contribution in [0.15, 0.2) is 59.1 Å². The first-order valence-corrected chi connectivity index (χ1v) is 6.71. The van der Waals surface area contributed by atoms with Crippen LogP contribution in [0, 0.1) is 0 Å². The Morgan fingerprint density at radius 2 is 1.68 bits per heavy atom. The van der Waals surface area contributed by atoms with Crippen LogP contribution in [0.25, 0.3) is 6.08 Å². The zero-order chi connectivity index (χ0) is 13.7. The van der Waals surface area contributed by atoms with Crippen molar-refractivity contribution in [2.24, 2.45) is 0 Å². The number of rotatable bonds is 3. The Labute approximate surface area is 124 Å². The summed E-state index contributed by atoms with van der Waals surface area (Å²) in [5, 5.41) is 0.662. The summed E-state index contributed by atoms with van der Waals surface area (Å²) in [5.41, 5.74) is 0.886. The van der Waals surface area contributed by atoms with E-state index >= 15 is 0 Å². The third kappa shape index (κ3) is 4.54. The van der Waals surface area contributed by atoms with Crippen molar-refractivity contribution < 1.29 is 9.53 Å². The molecular weight excluding hydrogens is 328 g/mol. The molecule has 2 aromatic rings. The summed E-state index contributed by atoms with van der Waals surface area (Å²) in [6.45, 7) is 0. The zero-order valence-corrected chi connectivity index (χ0v) is 12.2. The highest BCUT2D eigenvalue weighted by Gasteiger charge is 2.00. The Morgan fingerprint density at radius 3 is 2.32 bits per heavy atom. The Morgan fingerprint density at radius 1 is 1.05 bits per heavy atom. The number of carbonyl (C=O) groups excluding carboxylic acids is 1. The summed E-state index contributed by atoms with van der Waals surface area (Å²) in [6, 6.07) is 14.2. The third-order valence-electron chi connectivity index (χ3n) is 2.31. The van der Waals surface area contributed by atoms with E-state index in [1.165, 1.54) is 6.08 Å². The normalized spacial score (nSPS) is 10.6. The third-order valence-corrected chi connectivity index (χ3v) is 3.09. The second kappa shape index (κ2) is 6.55. The van der Waals surface area contributed by atoms with Crippen molar-refractivity contribution in [1.82, 2.24) is 0 Å². The first-order chi connectivity index (χ1) is 9.13. The Bertz CT molecular complexity index is 589. The smallest absolute Gasteiger partial charge is 0.336 e. The number of halogens is 2. The molecule has 96 valence electrons. The highest BCUT2D eigenvalue weighted by atomic mass is 79.9. The number of hydrogen-bond acceptors (Lipinski definition) is 2. The number of benzene rings is 2. The fraction of sp³-hybridized carbons (Fsp3) is 0. The lowest BCUT2D eigenvalue weighted by Gasteiger charge is -2.00. The molecule has 0 aliphatic carbocycles. The van der Waals surface area contributed by atoms with Crippen molar-refractivity contribution in [3.05, 3.63) is 69.7 Å². The number of hydrogen-bond donors (Lipinski definition) is 0. The van der Waals surface area contributed by atoms with Gasteiger partial charge in [0.1, 0.15) is 5.75 Å². The lowest BCUT2D eigenvalue weighted by Crippen LogP contribution is -2.03. The van der Waals surface area contributed by atoms with Gasteiger partial charge in [-0.3, -0.25) is 0 Å². The van der Waals surface area contributed by atoms with Gasteiger partial charge in [-0.1, -0.05) is 39.7 Å². The lowest BCUT2D eigenvalue weighted by molar-refractivity contribution is -0.128. The fourth-order valence-electron chi connectivity index (χ4n) is 1.39. The van der Waals surface area contributed by atoms with E-state index in [1.54, 1.807) is 30.3 Å². The van der Waals surface area contributed by atoms with E-state index in [4.69, 9.17) is 16.3 Å². The van der Waals surface area contributed by atoms with Crippen LogP contribution in [0.2, 0.25) is 5.02 Å². The predicted molar refractivity (Wildman–Crippen MR) is 80.3 cm³/mol. The molecule has 0 saturated carbocycles. The van der Waals surface area contributed by atoms with Gasteiger partial charge in [0.05, 0.1) is 0 Å². The molecule has 0 spiro atoms. The highest BCUT2D eigenvalue weighted by molar-refractivity contribution is 9.10. The first kappa shape index (κ1) is 13.8. The molecule has 0 radical (unpaired) electrons. The molecule has 0 aliphatic heterocycles. The summed E-state index contributed by atoms with van der Waals surface area (Å²) < 4.78 is 6.08. The van der Waals surface area contributed by atoms with Gasteiger partial charge in [0, 0.05) is 15.6 Å². The topological polar surface area (TPSA) is 26.3 Å². The van der Waals surface area contributed by atoms with Gasteiger partial charge in [0.25, 0.3) is 0 Å². The van der Waals surface area contributed by atoms with E-state index in [9.17, 15) is 4.79 Å². The average Bonchev–Trinajstić information content (AvgIpc) is 2.41. The molecule has 2 nitrogen and oxygen atoms in total. The number of carbonyl (C=O) groups is 1. The van der Waals surface area contributed by atoms with E-state index in [0.29, 0.717) is 10.8 Å². The molecule has 4 heteroatoms. The molecule has 2 aromatic carbocycles. The van der Waals surface area contributed by atoms with Crippen molar-refractivity contribution in [2.75, 3.05) is 0 Å². The summed E-state index contributed by atoms with van der Waals surface area (Å²) in [4.78, 5) is 11.6. The fourth-order valence-corrected chi connectivity index (χ4v) is 1.78. The summed E-state index contributed by atoms with van der Waals surface area (Å²) in [5.74, 6) is 0.0891. The minimum Gasteiger partial charge on any atom is -0.423 e. The highest BCUT2D eigenvalue weighted by Crippen LogP contribution is 2.16. The molecule has 0 heterocycles. The second-order valence-electron chi connectivity index (χ2n) is 3.76. The van der Waals surface area contributed by atoms with Crippen LogP contribution in [0.4, 0.5) is 0 Å². The van der Waals surface area contributed by atoms with Crippen LogP contribution in [0.3, 0.4) is 0 Å². The van der Waals surface area contributed by atoms with Crippen LogP contribution < -0.4 is 4.74 Å². The van der Waals surface area contributed by atoms with Gasteiger partial charge < -0.3 is 4.74 Å². The molecule has 0 saturated heterocycles. The molecule has 0 aromatic heterocycles. The van der Waals surface area contributed by atoms with E-state index in [0.717, 1.165) is 10.0 Å². The Hall–Kier alpha value is -1.58. The first-order valence-electron chi connectivity index (χ1n) is 5.54. The van der Waals surface area contributed by atoms with Crippen molar-refractivity contribution in [3.63, 3.8) is 0 Å². The van der Waals surface area contributed by atoms with Crippen molar-refractivity contribution >= 4 is 39.6 Å². The molecule has 0 bridgehead atoms. The molecule has 19 heavy (non-hydrogen) atoms. The average molecular weight is 338 g/mol.